The SMILES string of the molecule is O.O=C([O-])O.[I-].[Na+].[Na+]. The van der Waals surface area contributed by atoms with Gasteiger partial charge < -0.3 is 44.5 Å². The quantitative estimate of drug-likeness (QED) is 0.342. The molecule has 4 nitrogen and oxygen atoms in total. The number of carboxylic acid groups (broad SMARTS) is 2. The van der Waals surface area contributed by atoms with E-state index in [-0.39, 0.29) is 88.6 Å². The van der Waals surface area contributed by atoms with Crippen LogP contribution in [-0.4, -0.2) is 16.7 Å². The maximum absolute atomic E-state index is 8.44. The number of rotatable bonds is 0. The molecule has 0 aromatic carbocycles. The van der Waals surface area contributed by atoms with E-state index >= 15 is 0 Å². The maximum Gasteiger partial charge on any atom is 1.00 e. The van der Waals surface area contributed by atoms with Crippen molar-refractivity contribution in [1.82, 2.24) is 0 Å². The summed E-state index contributed by atoms with van der Waals surface area (Å²) in [6.45, 7) is 0. The molecule has 0 fully saturated rings. The molecule has 0 aliphatic rings. The van der Waals surface area contributed by atoms with Crippen molar-refractivity contribution in [3.8, 4) is 0 Å². The molecular formula is CH3INa2O4. The predicted molar refractivity (Wildman–Crippen MR) is 11.6 cm³/mol. The molecule has 0 saturated heterocycles. The fourth-order valence-electron chi connectivity index (χ4n) is 0. The first-order valence-corrected chi connectivity index (χ1v) is 0.632. The Labute approximate surface area is 108 Å². The monoisotopic (exact) mass is 252 g/mol. The summed E-state index contributed by atoms with van der Waals surface area (Å²) in [5, 5.41) is 15.3. The standard InChI is InChI=1S/CH2O3.HI.2Na.H2O/c2-1(3)4;;;;/h(H2,2,3,4);1H;;;1H2/q;;2*+1;/p-2. The van der Waals surface area contributed by atoms with Gasteiger partial charge in [-0.1, -0.05) is 0 Å². The van der Waals surface area contributed by atoms with E-state index in [4.69, 9.17) is 15.0 Å². The number of hydrogen-bond acceptors (Lipinski definition) is 2. The molecule has 0 aromatic rings. The molecule has 0 amide bonds. The molecule has 0 aromatic heterocycles. The molecule has 0 aliphatic heterocycles. The Balaban J connectivity index is -0.00000000750. The van der Waals surface area contributed by atoms with Crippen LogP contribution < -0.4 is 88.2 Å². The van der Waals surface area contributed by atoms with Crippen LogP contribution in [0.2, 0.25) is 0 Å². The second kappa shape index (κ2) is 23.1. The smallest absolute Gasteiger partial charge is 1.00 e. The second-order valence-electron chi connectivity index (χ2n) is 0.266. The van der Waals surface area contributed by atoms with E-state index in [0.29, 0.717) is 0 Å². The third-order valence-corrected chi connectivity index (χ3v) is 0. The molecule has 3 N–H and O–H groups in total. The molecule has 0 atom stereocenters. The topological polar surface area (TPSA) is 91.9 Å². The Morgan fingerprint density at radius 1 is 1.38 bits per heavy atom. The zero-order chi connectivity index (χ0) is 3.58. The number of carbonyl (C=O) groups is 1. The minimum absolute atomic E-state index is 0. The van der Waals surface area contributed by atoms with Gasteiger partial charge in [-0.05, 0) is 0 Å². The first kappa shape index (κ1) is 32.5. The van der Waals surface area contributed by atoms with Crippen molar-refractivity contribution in [2.45, 2.75) is 0 Å². The molecule has 0 bridgehead atoms. The van der Waals surface area contributed by atoms with Gasteiger partial charge in [0.2, 0.25) is 6.16 Å². The molecule has 40 valence electrons. The van der Waals surface area contributed by atoms with E-state index in [1.165, 1.54) is 0 Å². The summed E-state index contributed by atoms with van der Waals surface area (Å²) in [5.74, 6) is 0. The average Bonchev–Trinajstić information content (AvgIpc) is 0.811. The van der Waals surface area contributed by atoms with Crippen LogP contribution in [0.5, 0.6) is 0 Å². The van der Waals surface area contributed by atoms with E-state index in [0.717, 1.165) is 0 Å². The van der Waals surface area contributed by atoms with Crippen LogP contribution in [0.3, 0.4) is 0 Å². The van der Waals surface area contributed by atoms with E-state index < -0.39 is 6.16 Å². The normalized spacial score (nSPS) is 3.00. The van der Waals surface area contributed by atoms with Gasteiger partial charge in [0, 0.05) is 0 Å². The van der Waals surface area contributed by atoms with Crippen LogP contribution in [0, 0.1) is 0 Å². The van der Waals surface area contributed by atoms with Gasteiger partial charge in [-0.2, -0.15) is 0 Å². The van der Waals surface area contributed by atoms with Crippen molar-refractivity contribution in [3.05, 3.63) is 0 Å². The zero-order valence-corrected chi connectivity index (χ0v) is 10.8. The minimum Gasteiger partial charge on any atom is -1.00 e. The van der Waals surface area contributed by atoms with Crippen molar-refractivity contribution < 1.29 is 104 Å². The Kier molecular flexibility index (Phi) is 93.8. The molecular weight excluding hydrogens is 249 g/mol. The van der Waals surface area contributed by atoms with Gasteiger partial charge in [-0.3, -0.25) is 0 Å². The molecule has 0 spiro atoms. The Bertz CT molecular complexity index is 37.0. The van der Waals surface area contributed by atoms with Crippen LogP contribution in [0.25, 0.3) is 0 Å². The van der Waals surface area contributed by atoms with Crippen LogP contribution >= 0.6 is 0 Å². The van der Waals surface area contributed by atoms with Crippen molar-refractivity contribution in [2.24, 2.45) is 0 Å². The molecule has 7 heteroatoms. The second-order valence-corrected chi connectivity index (χ2v) is 0.266. The molecule has 0 unspecified atom stereocenters. The average molecular weight is 252 g/mol. The van der Waals surface area contributed by atoms with Crippen molar-refractivity contribution in [3.63, 3.8) is 0 Å². The molecule has 0 aliphatic carbocycles. The van der Waals surface area contributed by atoms with Crippen LogP contribution in [0.4, 0.5) is 4.79 Å². The van der Waals surface area contributed by atoms with Gasteiger partial charge >= 0.3 is 59.1 Å². The molecule has 0 heterocycles. The van der Waals surface area contributed by atoms with Crippen LogP contribution in [0.1, 0.15) is 0 Å². The fourth-order valence-corrected chi connectivity index (χ4v) is 0. The maximum atomic E-state index is 8.44. The van der Waals surface area contributed by atoms with Gasteiger partial charge in [0.05, 0.1) is 0 Å². The van der Waals surface area contributed by atoms with Crippen LogP contribution in [0.15, 0.2) is 0 Å². The van der Waals surface area contributed by atoms with E-state index in [1.807, 2.05) is 0 Å². The molecule has 0 saturated carbocycles. The van der Waals surface area contributed by atoms with Crippen LogP contribution in [-0.2, 0) is 0 Å². The van der Waals surface area contributed by atoms with Gasteiger partial charge in [0.15, 0.2) is 0 Å². The zero-order valence-electron chi connectivity index (χ0n) is 4.64. The Morgan fingerprint density at radius 3 is 1.38 bits per heavy atom. The van der Waals surface area contributed by atoms with Crippen molar-refractivity contribution in [2.75, 3.05) is 0 Å². The van der Waals surface area contributed by atoms with E-state index in [9.17, 15) is 0 Å². The summed E-state index contributed by atoms with van der Waals surface area (Å²) in [7, 11) is 0. The van der Waals surface area contributed by atoms with Crippen molar-refractivity contribution in [1.29, 1.82) is 0 Å². The molecule has 8 heavy (non-hydrogen) atoms. The summed E-state index contributed by atoms with van der Waals surface area (Å²) in [5.41, 5.74) is 0. The first-order valence-electron chi connectivity index (χ1n) is 0.632. The summed E-state index contributed by atoms with van der Waals surface area (Å²) in [4.78, 5) is 8.44. The predicted octanol–water partition coefficient (Wildman–Crippen LogP) is -10.9. The fraction of sp³-hybridized carbons (Fsp3) is 0. The van der Waals surface area contributed by atoms with Gasteiger partial charge in [-0.15, -0.1) is 0 Å². The first-order chi connectivity index (χ1) is 1.73. The third kappa shape index (κ3) is 100. The van der Waals surface area contributed by atoms with Gasteiger partial charge in [0.25, 0.3) is 0 Å². The summed E-state index contributed by atoms with van der Waals surface area (Å²) in [6, 6.07) is 0. The Hall–Kier alpha value is 1.96. The molecule has 0 radical (unpaired) electrons. The Morgan fingerprint density at radius 2 is 1.38 bits per heavy atom. The van der Waals surface area contributed by atoms with Gasteiger partial charge in [-0.25, -0.2) is 0 Å². The minimum atomic E-state index is -2.08. The number of hydrogen-bond donors (Lipinski definition) is 1. The van der Waals surface area contributed by atoms with E-state index in [1.54, 1.807) is 0 Å². The summed E-state index contributed by atoms with van der Waals surface area (Å²) < 4.78 is 0. The third-order valence-electron chi connectivity index (χ3n) is 0. The van der Waals surface area contributed by atoms with Crippen molar-refractivity contribution >= 4 is 6.16 Å². The van der Waals surface area contributed by atoms with E-state index in [2.05, 4.69) is 0 Å². The largest absolute Gasteiger partial charge is 1.00 e. The summed E-state index contributed by atoms with van der Waals surface area (Å²) >= 11 is 0. The molecule has 0 rings (SSSR count). The number of halogens is 1. The van der Waals surface area contributed by atoms with Gasteiger partial charge in [0.1, 0.15) is 0 Å². The summed E-state index contributed by atoms with van der Waals surface area (Å²) in [6.07, 6.45) is -2.08.